The molecule has 0 atom stereocenters. The molecule has 6 nitrogen and oxygen atoms in total. The summed E-state index contributed by atoms with van der Waals surface area (Å²) in [5, 5.41) is 20.2. The minimum absolute atomic E-state index is 0.0692. The second kappa shape index (κ2) is 9.32. The monoisotopic (exact) mass is 208 g/mol. The average molecular weight is 208 g/mol. The molecule has 0 aliphatic carbocycles. The fourth-order valence-corrected chi connectivity index (χ4v) is 0.893. The van der Waals surface area contributed by atoms with Gasteiger partial charge in [-0.3, -0.25) is 9.68 Å². The molecule has 14 heavy (non-hydrogen) atoms. The van der Waals surface area contributed by atoms with Crippen molar-refractivity contribution < 1.29 is 19.9 Å². The molecule has 6 heteroatoms. The van der Waals surface area contributed by atoms with Gasteiger partial charge in [-0.25, -0.2) is 0 Å². The molecule has 0 saturated carbocycles. The van der Waals surface area contributed by atoms with E-state index in [0.29, 0.717) is 0 Å². The van der Waals surface area contributed by atoms with Crippen LogP contribution in [0.5, 0.6) is 0 Å². The van der Waals surface area contributed by atoms with Gasteiger partial charge in [0, 0.05) is 18.4 Å². The normalized spacial score (nSPS) is 11.6. The van der Waals surface area contributed by atoms with Gasteiger partial charge in [0.1, 0.15) is 0 Å². The van der Waals surface area contributed by atoms with Crippen molar-refractivity contribution in [3.63, 3.8) is 0 Å². The molecule has 2 N–H and O–H groups in total. The van der Waals surface area contributed by atoms with Crippen LogP contribution < -0.4 is 0 Å². The lowest BCUT2D eigenvalue weighted by molar-refractivity contribution is -0.461. The molecule has 0 spiro atoms. The smallest absolute Gasteiger partial charge is 0.0957 e. The van der Waals surface area contributed by atoms with Crippen molar-refractivity contribution in [2.24, 2.45) is 0 Å². The molecular formula is C8H20N2O4. The van der Waals surface area contributed by atoms with E-state index in [1.54, 1.807) is 5.01 Å². The number of hydrogen-bond acceptors (Lipinski definition) is 6. The molecule has 0 radical (unpaired) electrons. The Balaban J connectivity index is 3.92. The summed E-state index contributed by atoms with van der Waals surface area (Å²) in [5.74, 6) is 0. The molecule has 86 valence electrons. The number of hydrazine groups is 1. The van der Waals surface area contributed by atoms with Gasteiger partial charge < -0.3 is 10.2 Å². The van der Waals surface area contributed by atoms with Gasteiger partial charge in [0.25, 0.3) is 0 Å². The average Bonchev–Trinajstić information content (AvgIpc) is 2.22. The van der Waals surface area contributed by atoms with Crippen LogP contribution in [0.25, 0.3) is 0 Å². The summed E-state index contributed by atoms with van der Waals surface area (Å²) >= 11 is 0. The summed E-state index contributed by atoms with van der Waals surface area (Å²) in [4.78, 5) is 10.2. The first-order valence-electron chi connectivity index (χ1n) is 4.82. The maximum atomic E-state index is 8.59. The minimum Gasteiger partial charge on any atom is -0.394 e. The highest BCUT2D eigenvalue weighted by Crippen LogP contribution is 1.99. The summed E-state index contributed by atoms with van der Waals surface area (Å²) in [6, 6.07) is 0. The van der Waals surface area contributed by atoms with E-state index in [2.05, 4.69) is 0 Å². The topological polar surface area (TPSA) is 65.4 Å². The predicted molar refractivity (Wildman–Crippen MR) is 50.8 cm³/mol. The van der Waals surface area contributed by atoms with E-state index < -0.39 is 0 Å². The minimum atomic E-state index is -0.0692. The maximum absolute atomic E-state index is 8.59. The first kappa shape index (κ1) is 13.8. The lowest BCUT2D eigenvalue weighted by Gasteiger charge is -2.29. The number of hydrogen-bond donors (Lipinski definition) is 2. The molecule has 0 aromatic carbocycles. The number of aliphatic hydroxyl groups is 2. The summed E-state index contributed by atoms with van der Waals surface area (Å²) in [5.41, 5.74) is 0. The van der Waals surface area contributed by atoms with Crippen LogP contribution in [-0.2, 0) is 9.68 Å². The van der Waals surface area contributed by atoms with E-state index >= 15 is 0 Å². The number of nitrogens with zero attached hydrogens (tertiary/aromatic N) is 2. The van der Waals surface area contributed by atoms with Crippen LogP contribution in [0.3, 0.4) is 0 Å². The van der Waals surface area contributed by atoms with Gasteiger partial charge >= 0.3 is 0 Å². The fourth-order valence-electron chi connectivity index (χ4n) is 0.893. The van der Waals surface area contributed by atoms with Gasteiger partial charge in [0.15, 0.2) is 0 Å². The van der Waals surface area contributed by atoms with E-state index in [1.807, 2.05) is 13.8 Å². The van der Waals surface area contributed by atoms with Crippen molar-refractivity contribution >= 4 is 0 Å². The van der Waals surface area contributed by atoms with Crippen LogP contribution in [0.2, 0.25) is 0 Å². The van der Waals surface area contributed by atoms with Crippen LogP contribution in [0.1, 0.15) is 13.8 Å². The van der Waals surface area contributed by atoms with Crippen molar-refractivity contribution in [3.05, 3.63) is 0 Å². The first-order valence-corrected chi connectivity index (χ1v) is 4.82. The molecular weight excluding hydrogens is 188 g/mol. The highest BCUT2D eigenvalue weighted by atomic mass is 17.0. The van der Waals surface area contributed by atoms with Gasteiger partial charge in [-0.15, -0.1) is 0 Å². The first-order chi connectivity index (χ1) is 6.79. The van der Waals surface area contributed by atoms with E-state index in [9.17, 15) is 0 Å². The summed E-state index contributed by atoms with van der Waals surface area (Å²) < 4.78 is 0. The van der Waals surface area contributed by atoms with Crippen LogP contribution >= 0.6 is 0 Å². The Hall–Kier alpha value is -0.240. The molecule has 0 aliphatic heterocycles. The summed E-state index contributed by atoms with van der Waals surface area (Å²) in [7, 11) is 0. The van der Waals surface area contributed by atoms with Gasteiger partial charge in [0.05, 0.1) is 26.4 Å². The van der Waals surface area contributed by atoms with E-state index in [0.717, 1.165) is 13.1 Å². The zero-order valence-electron chi connectivity index (χ0n) is 8.85. The Bertz CT molecular complexity index is 114. The SMILES string of the molecule is CCN(CC)N(OCCO)OCCO. The zero-order valence-corrected chi connectivity index (χ0v) is 8.85. The van der Waals surface area contributed by atoms with E-state index in [4.69, 9.17) is 19.9 Å². The van der Waals surface area contributed by atoms with Crippen LogP contribution in [0, 0.1) is 0 Å². The maximum Gasteiger partial charge on any atom is 0.0957 e. The van der Waals surface area contributed by atoms with Crippen molar-refractivity contribution in [3.8, 4) is 0 Å². The van der Waals surface area contributed by atoms with Gasteiger partial charge in [0.2, 0.25) is 0 Å². The van der Waals surface area contributed by atoms with Gasteiger partial charge in [-0.1, -0.05) is 13.8 Å². The Morgan fingerprint density at radius 3 is 1.64 bits per heavy atom. The van der Waals surface area contributed by atoms with Crippen LogP contribution in [0.4, 0.5) is 0 Å². The second-order valence-electron chi connectivity index (χ2n) is 2.49. The van der Waals surface area contributed by atoms with E-state index in [-0.39, 0.29) is 26.4 Å². The van der Waals surface area contributed by atoms with Crippen molar-refractivity contribution in [1.82, 2.24) is 10.3 Å². The van der Waals surface area contributed by atoms with Crippen molar-refractivity contribution in [2.45, 2.75) is 13.8 Å². The largest absolute Gasteiger partial charge is 0.394 e. The molecule has 0 unspecified atom stereocenters. The fraction of sp³-hybridized carbons (Fsp3) is 1.00. The Morgan fingerprint density at radius 2 is 1.36 bits per heavy atom. The standard InChI is InChI=1S/C8H20N2O4/c1-3-9(4-2)10(13-7-5-11)14-8-6-12/h11-12H,3-8H2,1-2H3. The third-order valence-electron chi connectivity index (χ3n) is 1.55. The zero-order chi connectivity index (χ0) is 10.8. The van der Waals surface area contributed by atoms with Crippen LogP contribution in [0.15, 0.2) is 0 Å². The molecule has 0 heterocycles. The molecule has 0 amide bonds. The lowest BCUT2D eigenvalue weighted by atomic mass is 10.6. The third-order valence-corrected chi connectivity index (χ3v) is 1.55. The molecule has 0 aromatic rings. The lowest BCUT2D eigenvalue weighted by Crippen LogP contribution is -2.43. The predicted octanol–water partition coefficient (Wildman–Crippen LogP) is -0.607. The van der Waals surface area contributed by atoms with Gasteiger partial charge in [-0.2, -0.15) is 5.01 Å². The Kier molecular flexibility index (Phi) is 9.16. The highest BCUT2D eigenvalue weighted by molar-refractivity contribution is 4.36. The quantitative estimate of drug-likeness (QED) is 0.493. The molecule has 0 aromatic heterocycles. The number of aliphatic hydroxyl groups excluding tert-OH is 2. The Labute approximate surface area is 84.5 Å². The molecule has 0 bridgehead atoms. The molecule has 0 fully saturated rings. The second-order valence-corrected chi connectivity index (χ2v) is 2.49. The Morgan fingerprint density at radius 1 is 0.929 bits per heavy atom. The van der Waals surface area contributed by atoms with Crippen molar-refractivity contribution in [2.75, 3.05) is 39.5 Å². The summed E-state index contributed by atoms with van der Waals surface area (Å²) in [6.07, 6.45) is 0. The van der Waals surface area contributed by atoms with E-state index in [1.165, 1.54) is 5.34 Å². The molecule has 0 saturated heterocycles. The molecule has 0 aliphatic rings. The van der Waals surface area contributed by atoms with Crippen LogP contribution in [-0.4, -0.2) is 60.1 Å². The third kappa shape index (κ3) is 5.48. The van der Waals surface area contributed by atoms with Gasteiger partial charge in [-0.05, 0) is 0 Å². The highest BCUT2D eigenvalue weighted by Gasteiger charge is 2.13. The summed E-state index contributed by atoms with van der Waals surface area (Å²) in [6.45, 7) is 5.58. The number of rotatable bonds is 9. The van der Waals surface area contributed by atoms with Crippen molar-refractivity contribution in [1.29, 1.82) is 0 Å². The molecule has 0 rings (SSSR count).